The fourth-order valence-corrected chi connectivity index (χ4v) is 1.71. The summed E-state index contributed by atoms with van der Waals surface area (Å²) in [5, 5.41) is 3.27. The summed E-state index contributed by atoms with van der Waals surface area (Å²) in [4.78, 5) is 0. The average Bonchev–Trinajstić information content (AvgIpc) is 2.30. The van der Waals surface area contributed by atoms with Gasteiger partial charge in [-0.2, -0.15) is 0 Å². The van der Waals surface area contributed by atoms with Crippen molar-refractivity contribution in [3.05, 3.63) is 22.7 Å². The largest absolute Gasteiger partial charge is 0.397 e. The van der Waals surface area contributed by atoms with Crippen molar-refractivity contribution in [2.75, 3.05) is 44.5 Å². The molecule has 0 spiro atoms. The van der Waals surface area contributed by atoms with Crippen molar-refractivity contribution >= 4 is 27.3 Å². The smallest absolute Gasteiger partial charge is 0.0700 e. The van der Waals surface area contributed by atoms with Crippen LogP contribution in [0.1, 0.15) is 6.42 Å². The highest BCUT2D eigenvalue weighted by Crippen LogP contribution is 2.22. The molecule has 3 N–H and O–H groups in total. The summed E-state index contributed by atoms with van der Waals surface area (Å²) in [6.07, 6.45) is 0.944. The van der Waals surface area contributed by atoms with Crippen LogP contribution in [0.3, 0.4) is 0 Å². The molecule has 0 saturated heterocycles. The van der Waals surface area contributed by atoms with Gasteiger partial charge >= 0.3 is 0 Å². The van der Waals surface area contributed by atoms with Gasteiger partial charge in [-0.05, 0) is 24.6 Å². The lowest BCUT2D eigenvalue weighted by Gasteiger charge is -2.09. The number of rotatable bonds is 8. The maximum atomic E-state index is 5.86. The third-order valence-electron chi connectivity index (χ3n) is 2.23. The van der Waals surface area contributed by atoms with Crippen molar-refractivity contribution in [2.24, 2.45) is 0 Å². The SMILES string of the molecule is COCCOCCCNc1ccc(Br)cc1N. The van der Waals surface area contributed by atoms with E-state index in [1.165, 1.54) is 0 Å². The number of methoxy groups -OCH3 is 1. The zero-order valence-corrected chi connectivity index (χ0v) is 11.6. The minimum atomic E-state index is 0.646. The maximum absolute atomic E-state index is 5.86. The predicted molar refractivity (Wildman–Crippen MR) is 74.4 cm³/mol. The molecular formula is C12H19BrN2O2. The molecule has 5 heteroatoms. The Morgan fingerprint density at radius 2 is 2.12 bits per heavy atom. The van der Waals surface area contributed by atoms with E-state index in [4.69, 9.17) is 15.2 Å². The molecule has 0 amide bonds. The monoisotopic (exact) mass is 302 g/mol. The zero-order chi connectivity index (χ0) is 12.5. The zero-order valence-electron chi connectivity index (χ0n) is 10.0. The molecule has 0 unspecified atom stereocenters. The lowest BCUT2D eigenvalue weighted by atomic mass is 10.2. The second-order valence-electron chi connectivity index (χ2n) is 3.62. The van der Waals surface area contributed by atoms with Crippen LogP contribution < -0.4 is 11.1 Å². The second kappa shape index (κ2) is 8.33. The predicted octanol–water partition coefficient (Wildman–Crippen LogP) is 2.50. The van der Waals surface area contributed by atoms with E-state index in [1.54, 1.807) is 7.11 Å². The minimum Gasteiger partial charge on any atom is -0.397 e. The summed E-state index contributed by atoms with van der Waals surface area (Å²) in [6, 6.07) is 5.82. The van der Waals surface area contributed by atoms with Gasteiger partial charge in [0.2, 0.25) is 0 Å². The normalized spacial score (nSPS) is 10.5. The molecule has 1 rings (SSSR count). The number of anilines is 2. The molecule has 0 heterocycles. The Labute approximate surface area is 111 Å². The molecule has 96 valence electrons. The highest BCUT2D eigenvalue weighted by Gasteiger charge is 1.98. The molecule has 0 bridgehead atoms. The summed E-state index contributed by atoms with van der Waals surface area (Å²) in [7, 11) is 1.67. The third kappa shape index (κ3) is 5.91. The summed E-state index contributed by atoms with van der Waals surface area (Å²) in [5.41, 5.74) is 7.57. The number of hydrogen-bond donors (Lipinski definition) is 2. The standard InChI is InChI=1S/C12H19BrN2O2/c1-16-7-8-17-6-2-5-15-12-4-3-10(13)9-11(12)14/h3-4,9,15H,2,5-8,14H2,1H3. The first-order valence-electron chi connectivity index (χ1n) is 5.59. The van der Waals surface area contributed by atoms with E-state index in [2.05, 4.69) is 21.2 Å². The molecule has 0 fully saturated rings. The first-order chi connectivity index (χ1) is 8.24. The molecule has 17 heavy (non-hydrogen) atoms. The first-order valence-corrected chi connectivity index (χ1v) is 6.39. The van der Waals surface area contributed by atoms with Crippen molar-refractivity contribution in [1.29, 1.82) is 0 Å². The Balaban J connectivity index is 2.14. The fourth-order valence-electron chi connectivity index (χ4n) is 1.34. The van der Waals surface area contributed by atoms with Gasteiger partial charge in [0.25, 0.3) is 0 Å². The quantitative estimate of drug-likeness (QED) is 0.572. The molecule has 1 aromatic carbocycles. The fraction of sp³-hybridized carbons (Fsp3) is 0.500. The first kappa shape index (κ1) is 14.3. The Kier molecular flexibility index (Phi) is 7.00. The minimum absolute atomic E-state index is 0.646. The van der Waals surface area contributed by atoms with Crippen LogP contribution in [0.5, 0.6) is 0 Å². The third-order valence-corrected chi connectivity index (χ3v) is 2.72. The number of nitrogens with one attached hydrogen (secondary N) is 1. The van der Waals surface area contributed by atoms with E-state index < -0.39 is 0 Å². The van der Waals surface area contributed by atoms with Crippen molar-refractivity contribution < 1.29 is 9.47 Å². The van der Waals surface area contributed by atoms with Gasteiger partial charge in [-0.15, -0.1) is 0 Å². The maximum Gasteiger partial charge on any atom is 0.0700 e. The molecule has 1 aromatic rings. The van der Waals surface area contributed by atoms with Crippen LogP contribution in [0.4, 0.5) is 11.4 Å². The lowest BCUT2D eigenvalue weighted by molar-refractivity contribution is 0.0705. The molecular weight excluding hydrogens is 284 g/mol. The van der Waals surface area contributed by atoms with Crippen molar-refractivity contribution in [3.63, 3.8) is 0 Å². The van der Waals surface area contributed by atoms with Crippen LogP contribution >= 0.6 is 15.9 Å². The Bertz CT molecular complexity index is 334. The van der Waals surface area contributed by atoms with Crippen LogP contribution in [0, 0.1) is 0 Å². The Hall–Kier alpha value is -0.780. The molecule has 0 radical (unpaired) electrons. The molecule has 0 aromatic heterocycles. The molecule has 0 aliphatic rings. The highest BCUT2D eigenvalue weighted by molar-refractivity contribution is 9.10. The number of hydrogen-bond acceptors (Lipinski definition) is 4. The topological polar surface area (TPSA) is 56.5 Å². The number of nitrogen functional groups attached to an aromatic ring is 1. The van der Waals surface area contributed by atoms with E-state index >= 15 is 0 Å². The van der Waals surface area contributed by atoms with Gasteiger partial charge in [0.15, 0.2) is 0 Å². The van der Waals surface area contributed by atoms with E-state index in [0.717, 1.165) is 35.4 Å². The second-order valence-corrected chi connectivity index (χ2v) is 4.53. The van der Waals surface area contributed by atoms with Gasteiger partial charge in [0.1, 0.15) is 0 Å². The summed E-state index contributed by atoms with van der Waals surface area (Å²) in [5.74, 6) is 0. The molecule has 0 saturated carbocycles. The molecule has 0 atom stereocenters. The van der Waals surface area contributed by atoms with Crippen LogP contribution in [0.2, 0.25) is 0 Å². The average molecular weight is 303 g/mol. The van der Waals surface area contributed by atoms with Crippen LogP contribution in [0.15, 0.2) is 22.7 Å². The Morgan fingerprint density at radius 1 is 1.29 bits per heavy atom. The van der Waals surface area contributed by atoms with Crippen LogP contribution in [-0.4, -0.2) is 33.5 Å². The summed E-state index contributed by atoms with van der Waals surface area (Å²) in [6.45, 7) is 2.87. The van der Waals surface area contributed by atoms with Crippen LogP contribution in [0.25, 0.3) is 0 Å². The number of halogens is 1. The van der Waals surface area contributed by atoms with Crippen LogP contribution in [-0.2, 0) is 9.47 Å². The van der Waals surface area contributed by atoms with Gasteiger partial charge in [0, 0.05) is 24.7 Å². The number of nitrogens with two attached hydrogens (primary N) is 1. The van der Waals surface area contributed by atoms with E-state index in [9.17, 15) is 0 Å². The van der Waals surface area contributed by atoms with Crippen molar-refractivity contribution in [1.82, 2.24) is 0 Å². The van der Waals surface area contributed by atoms with Gasteiger partial charge < -0.3 is 20.5 Å². The highest BCUT2D eigenvalue weighted by atomic mass is 79.9. The van der Waals surface area contributed by atoms with Gasteiger partial charge in [0.05, 0.1) is 24.6 Å². The molecule has 0 aliphatic heterocycles. The number of ether oxygens (including phenoxy) is 2. The van der Waals surface area contributed by atoms with Gasteiger partial charge in [-0.3, -0.25) is 0 Å². The van der Waals surface area contributed by atoms with E-state index in [-0.39, 0.29) is 0 Å². The Morgan fingerprint density at radius 3 is 2.82 bits per heavy atom. The molecule has 0 aliphatic carbocycles. The van der Waals surface area contributed by atoms with Gasteiger partial charge in [-0.25, -0.2) is 0 Å². The molecule has 4 nitrogen and oxygen atoms in total. The lowest BCUT2D eigenvalue weighted by Crippen LogP contribution is -2.09. The van der Waals surface area contributed by atoms with E-state index in [1.807, 2.05) is 18.2 Å². The van der Waals surface area contributed by atoms with Gasteiger partial charge in [-0.1, -0.05) is 15.9 Å². The van der Waals surface area contributed by atoms with Crippen molar-refractivity contribution in [2.45, 2.75) is 6.42 Å². The summed E-state index contributed by atoms with van der Waals surface area (Å²) < 4.78 is 11.2. The van der Waals surface area contributed by atoms with E-state index in [0.29, 0.717) is 13.2 Å². The van der Waals surface area contributed by atoms with Crippen molar-refractivity contribution in [3.8, 4) is 0 Å². The number of benzene rings is 1. The summed E-state index contributed by atoms with van der Waals surface area (Å²) >= 11 is 3.37.